The molecule has 1 aromatic carbocycles. The van der Waals surface area contributed by atoms with Gasteiger partial charge in [0.1, 0.15) is 0 Å². The van der Waals surface area contributed by atoms with E-state index in [0.29, 0.717) is 0 Å². The summed E-state index contributed by atoms with van der Waals surface area (Å²) in [5.74, 6) is 0. The summed E-state index contributed by atoms with van der Waals surface area (Å²) >= 11 is 1.90. The van der Waals surface area contributed by atoms with Crippen molar-refractivity contribution >= 4 is 22.3 Å². The maximum atomic E-state index is 3.01. The van der Waals surface area contributed by atoms with Crippen molar-refractivity contribution in [1.29, 1.82) is 0 Å². The second-order valence-electron chi connectivity index (χ2n) is 2.24. The van der Waals surface area contributed by atoms with Crippen molar-refractivity contribution in [3.63, 3.8) is 0 Å². The summed E-state index contributed by atoms with van der Waals surface area (Å²) < 4.78 is 1.33. The Labute approximate surface area is 75.6 Å². The van der Waals surface area contributed by atoms with Crippen LogP contribution in [-0.4, -0.2) is 22.3 Å². The number of rotatable bonds is 3. The molecule has 0 fully saturated rings. The van der Waals surface area contributed by atoms with Crippen molar-refractivity contribution in [3.8, 4) is 0 Å². The van der Waals surface area contributed by atoms with Crippen LogP contribution < -0.4 is 0 Å². The zero-order valence-electron chi connectivity index (χ0n) is 5.88. The molecule has 1 rings (SSSR count). The van der Waals surface area contributed by atoms with Gasteiger partial charge in [-0.1, -0.05) is 0 Å². The van der Waals surface area contributed by atoms with Gasteiger partial charge in [-0.15, -0.1) is 0 Å². The van der Waals surface area contributed by atoms with Crippen LogP contribution in [0.4, 0.5) is 0 Å². The molecule has 1 radical (unpaired) electrons. The SMILES string of the molecule is [TeH]CCCc1cc[c]cc1. The minimum atomic E-state index is 1.23. The summed E-state index contributed by atoms with van der Waals surface area (Å²) in [6.45, 7) is 0. The van der Waals surface area contributed by atoms with Gasteiger partial charge in [0.2, 0.25) is 0 Å². The van der Waals surface area contributed by atoms with Crippen LogP contribution in [0.25, 0.3) is 0 Å². The Balaban J connectivity index is 2.43. The summed E-state index contributed by atoms with van der Waals surface area (Å²) in [5, 5.41) is 0. The van der Waals surface area contributed by atoms with Crippen molar-refractivity contribution in [2.75, 3.05) is 0 Å². The van der Waals surface area contributed by atoms with Gasteiger partial charge in [-0.2, -0.15) is 0 Å². The van der Waals surface area contributed by atoms with Crippen LogP contribution in [0, 0.1) is 6.07 Å². The molecule has 0 nitrogen and oxygen atoms in total. The summed E-state index contributed by atoms with van der Waals surface area (Å²) in [5.41, 5.74) is 1.44. The van der Waals surface area contributed by atoms with Crippen LogP contribution in [0.3, 0.4) is 0 Å². The fourth-order valence-corrected chi connectivity index (χ4v) is 1.32. The second kappa shape index (κ2) is 4.77. The number of benzene rings is 1. The van der Waals surface area contributed by atoms with Crippen molar-refractivity contribution in [2.24, 2.45) is 0 Å². The average molecular weight is 247 g/mol. The molecular formula is C9H11Te. The molecular weight excluding hydrogens is 236 g/mol. The fourth-order valence-electron chi connectivity index (χ4n) is 0.871. The van der Waals surface area contributed by atoms with E-state index >= 15 is 0 Å². The molecule has 0 aliphatic heterocycles. The first kappa shape index (κ1) is 8.11. The van der Waals surface area contributed by atoms with E-state index in [-0.39, 0.29) is 0 Å². The van der Waals surface area contributed by atoms with Crippen LogP contribution in [-0.2, 0) is 6.42 Å². The van der Waals surface area contributed by atoms with Gasteiger partial charge in [-0.25, -0.2) is 0 Å². The van der Waals surface area contributed by atoms with Gasteiger partial charge in [-0.3, -0.25) is 0 Å². The van der Waals surface area contributed by atoms with Gasteiger partial charge in [0.15, 0.2) is 0 Å². The third-order valence-corrected chi connectivity index (χ3v) is 2.31. The molecule has 0 spiro atoms. The standard InChI is InChI=1S/C9H11Te/c10-8-4-7-9-5-2-1-3-6-9/h2-3,5-6,10H,4,7-8H2. The van der Waals surface area contributed by atoms with Gasteiger partial charge in [-0.05, 0) is 0 Å². The molecule has 0 heterocycles. The van der Waals surface area contributed by atoms with E-state index in [1.807, 2.05) is 34.4 Å². The zero-order valence-corrected chi connectivity index (χ0v) is 8.43. The predicted octanol–water partition coefficient (Wildman–Crippen LogP) is 1.74. The van der Waals surface area contributed by atoms with Gasteiger partial charge < -0.3 is 0 Å². The Morgan fingerprint density at radius 1 is 1.30 bits per heavy atom. The van der Waals surface area contributed by atoms with E-state index in [4.69, 9.17) is 0 Å². The van der Waals surface area contributed by atoms with Crippen molar-refractivity contribution < 1.29 is 0 Å². The Hall–Kier alpha value is 0.00961. The van der Waals surface area contributed by atoms with Crippen LogP contribution >= 0.6 is 0 Å². The van der Waals surface area contributed by atoms with E-state index in [1.54, 1.807) is 0 Å². The topological polar surface area (TPSA) is 0 Å². The Morgan fingerprint density at radius 3 is 2.60 bits per heavy atom. The van der Waals surface area contributed by atoms with Gasteiger partial charge in [0.25, 0.3) is 0 Å². The molecule has 1 heteroatoms. The molecule has 0 aliphatic rings. The predicted molar refractivity (Wildman–Crippen MR) is 45.6 cm³/mol. The molecule has 0 unspecified atom stereocenters. The maximum absolute atomic E-state index is 3.01. The van der Waals surface area contributed by atoms with Crippen molar-refractivity contribution in [3.05, 3.63) is 35.9 Å². The molecule has 0 saturated heterocycles. The summed E-state index contributed by atoms with van der Waals surface area (Å²) in [6.07, 6.45) is 2.54. The monoisotopic (exact) mass is 249 g/mol. The molecule has 0 aromatic heterocycles. The number of hydrogen-bond acceptors (Lipinski definition) is 0. The first-order valence-electron chi connectivity index (χ1n) is 3.49. The quantitative estimate of drug-likeness (QED) is 0.713. The van der Waals surface area contributed by atoms with E-state index < -0.39 is 0 Å². The first-order chi connectivity index (χ1) is 4.93. The molecule has 0 aliphatic carbocycles. The summed E-state index contributed by atoms with van der Waals surface area (Å²) in [6, 6.07) is 11.3. The van der Waals surface area contributed by atoms with Gasteiger partial charge in [0.05, 0.1) is 0 Å². The van der Waals surface area contributed by atoms with E-state index in [0.717, 1.165) is 0 Å². The normalized spacial score (nSPS) is 9.70. The molecule has 10 heavy (non-hydrogen) atoms. The van der Waals surface area contributed by atoms with E-state index in [9.17, 15) is 0 Å². The minimum absolute atomic E-state index is 1.23. The molecule has 1 aromatic rings. The van der Waals surface area contributed by atoms with Gasteiger partial charge in [0, 0.05) is 0 Å². The average Bonchev–Trinajstić information content (AvgIpc) is 2.03. The number of hydrogen-bond donors (Lipinski definition) is 0. The van der Waals surface area contributed by atoms with Crippen molar-refractivity contribution in [2.45, 2.75) is 17.3 Å². The van der Waals surface area contributed by atoms with Crippen LogP contribution in [0.1, 0.15) is 12.0 Å². The van der Waals surface area contributed by atoms with Gasteiger partial charge >= 0.3 is 75.5 Å². The van der Waals surface area contributed by atoms with Crippen LogP contribution in [0.2, 0.25) is 4.47 Å². The Morgan fingerprint density at radius 2 is 2.00 bits per heavy atom. The van der Waals surface area contributed by atoms with Crippen LogP contribution in [0.15, 0.2) is 24.3 Å². The Kier molecular flexibility index (Phi) is 3.87. The van der Waals surface area contributed by atoms with E-state index in [2.05, 4.69) is 18.2 Å². The van der Waals surface area contributed by atoms with E-state index in [1.165, 1.54) is 22.9 Å². The molecule has 53 valence electrons. The molecule has 0 amide bonds. The molecule has 0 N–H and O–H groups in total. The first-order valence-corrected chi connectivity index (χ1v) is 5.30. The van der Waals surface area contributed by atoms with Crippen LogP contribution in [0.5, 0.6) is 0 Å². The Bertz CT molecular complexity index is 169. The van der Waals surface area contributed by atoms with Crippen molar-refractivity contribution in [1.82, 2.24) is 0 Å². The third kappa shape index (κ3) is 2.73. The third-order valence-electron chi connectivity index (χ3n) is 1.41. The summed E-state index contributed by atoms with van der Waals surface area (Å²) in [7, 11) is 0. The molecule has 0 atom stereocenters. The summed E-state index contributed by atoms with van der Waals surface area (Å²) in [4.78, 5) is 0. The molecule has 0 bridgehead atoms. The number of aryl methyl sites for hydroxylation is 1. The second-order valence-corrected chi connectivity index (χ2v) is 3.51. The zero-order chi connectivity index (χ0) is 7.23. The molecule has 0 saturated carbocycles. The fraction of sp³-hybridized carbons (Fsp3) is 0.333.